The summed E-state index contributed by atoms with van der Waals surface area (Å²) in [5.74, 6) is 0. The minimum absolute atomic E-state index is 0.222. The molecule has 3 atom stereocenters. The van der Waals surface area contributed by atoms with E-state index in [4.69, 9.17) is 4.18 Å². The van der Waals surface area contributed by atoms with Crippen molar-refractivity contribution in [1.29, 1.82) is 0 Å². The van der Waals surface area contributed by atoms with E-state index in [9.17, 15) is 12.6 Å². The van der Waals surface area contributed by atoms with Crippen molar-refractivity contribution in [2.75, 3.05) is 0 Å². The summed E-state index contributed by atoms with van der Waals surface area (Å²) >= 11 is -2.02. The predicted molar refractivity (Wildman–Crippen MR) is 95.6 cm³/mol. The van der Waals surface area contributed by atoms with Gasteiger partial charge in [0, 0.05) is 6.42 Å². The molecule has 7 heteroatoms. The van der Waals surface area contributed by atoms with Crippen LogP contribution in [0.1, 0.15) is 33.9 Å². The monoisotopic (exact) mass is 377 g/mol. The van der Waals surface area contributed by atoms with Crippen LogP contribution in [0.3, 0.4) is 0 Å². The smallest absolute Gasteiger partial charge is 0.257 e. The van der Waals surface area contributed by atoms with Gasteiger partial charge >= 0.3 is 0 Å². The molecule has 0 aromatic heterocycles. The topological polar surface area (TPSA) is 63.7 Å². The molecule has 1 heterocycles. The van der Waals surface area contributed by atoms with E-state index in [2.05, 4.69) is 0 Å². The molecule has 1 saturated heterocycles. The highest BCUT2D eigenvalue weighted by Crippen LogP contribution is 2.46. The Kier molecular flexibility index (Phi) is 3.88. The molecule has 0 spiro atoms. The fourth-order valence-corrected chi connectivity index (χ4v) is 7.54. The molecule has 0 saturated carbocycles. The summed E-state index contributed by atoms with van der Waals surface area (Å²) in [5.41, 5.74) is 4.24. The molecule has 25 heavy (non-hydrogen) atoms. The number of aryl methyl sites for hydroxylation is 3. The molecule has 0 radical (unpaired) electrons. The van der Waals surface area contributed by atoms with Crippen molar-refractivity contribution in [3.63, 3.8) is 0 Å². The lowest BCUT2D eigenvalue weighted by Gasteiger charge is -2.22. The molecular weight excluding hydrogens is 358 g/mol. The van der Waals surface area contributed by atoms with Gasteiger partial charge in [-0.15, -0.1) is 0 Å². The molecule has 0 bridgehead atoms. The molecule has 4 rings (SSSR count). The first-order valence-electron chi connectivity index (χ1n) is 8.10. The van der Waals surface area contributed by atoms with Crippen LogP contribution in [0, 0.1) is 20.8 Å². The van der Waals surface area contributed by atoms with E-state index in [-0.39, 0.29) is 4.90 Å². The second kappa shape index (κ2) is 5.74. The third-order valence-electron chi connectivity index (χ3n) is 4.83. The van der Waals surface area contributed by atoms with E-state index in [1.54, 1.807) is 13.8 Å². The van der Waals surface area contributed by atoms with E-state index in [1.165, 1.54) is 0 Å². The zero-order valence-electron chi connectivity index (χ0n) is 14.2. The molecule has 2 aromatic carbocycles. The second-order valence-corrected chi connectivity index (χ2v) is 9.69. The third-order valence-corrected chi connectivity index (χ3v) is 8.57. The summed E-state index contributed by atoms with van der Waals surface area (Å²) in [4.78, 5) is 0.222. The first-order chi connectivity index (χ1) is 11.8. The maximum atomic E-state index is 13.4. The highest BCUT2D eigenvalue weighted by Gasteiger charge is 2.53. The van der Waals surface area contributed by atoms with Gasteiger partial charge in [0.25, 0.3) is 21.3 Å². The number of hydrogen-bond donors (Lipinski definition) is 0. The lowest BCUT2D eigenvalue weighted by molar-refractivity contribution is 0.230. The molecule has 0 unspecified atom stereocenters. The van der Waals surface area contributed by atoms with Crippen LogP contribution >= 0.6 is 0 Å². The SMILES string of the molecule is Cc1cc(C)c(S(=O)(=O)N2[C@@H]3c4ccccc4C[C@@H]3O[S@@]2=O)c(C)c1. The maximum Gasteiger partial charge on any atom is 0.257 e. The Labute approximate surface area is 150 Å². The lowest BCUT2D eigenvalue weighted by Crippen LogP contribution is -2.33. The van der Waals surface area contributed by atoms with Crippen LogP contribution in [0.25, 0.3) is 0 Å². The van der Waals surface area contributed by atoms with Gasteiger partial charge in [0.2, 0.25) is 0 Å². The minimum Gasteiger partial charge on any atom is -0.272 e. The van der Waals surface area contributed by atoms with Crippen LogP contribution in [0.4, 0.5) is 0 Å². The zero-order chi connectivity index (χ0) is 17.9. The Morgan fingerprint density at radius 1 is 1.12 bits per heavy atom. The Balaban J connectivity index is 1.88. The molecule has 1 fully saturated rings. The predicted octanol–water partition coefficient (Wildman–Crippen LogP) is 2.88. The van der Waals surface area contributed by atoms with Crippen molar-refractivity contribution in [1.82, 2.24) is 3.71 Å². The van der Waals surface area contributed by atoms with Crippen LogP contribution in [0.2, 0.25) is 0 Å². The van der Waals surface area contributed by atoms with Crippen molar-refractivity contribution >= 4 is 21.3 Å². The fraction of sp³-hybridized carbons (Fsp3) is 0.333. The minimum atomic E-state index is -3.95. The van der Waals surface area contributed by atoms with Gasteiger partial charge < -0.3 is 0 Å². The molecule has 132 valence electrons. The molecule has 1 aliphatic carbocycles. The number of rotatable bonds is 2. The fourth-order valence-electron chi connectivity index (χ4n) is 4.01. The summed E-state index contributed by atoms with van der Waals surface area (Å²) < 4.78 is 45.9. The van der Waals surface area contributed by atoms with Crippen molar-refractivity contribution < 1.29 is 16.8 Å². The second-order valence-electron chi connectivity index (χ2n) is 6.69. The van der Waals surface area contributed by atoms with Gasteiger partial charge in [-0.3, -0.25) is 4.18 Å². The standard InChI is InChI=1S/C18H19NO4S2/c1-11-8-12(2)18(13(3)9-11)25(21,22)19-17-15-7-5-4-6-14(15)10-16(17)23-24(19)20/h4-9,16-17H,10H2,1-3H3/t16-,17+,24-/m0/s1. The summed E-state index contributed by atoms with van der Waals surface area (Å²) in [7, 11) is -3.95. The third kappa shape index (κ3) is 2.49. The van der Waals surface area contributed by atoms with Gasteiger partial charge in [-0.2, -0.15) is 0 Å². The van der Waals surface area contributed by atoms with Crippen LogP contribution in [-0.4, -0.2) is 22.4 Å². The number of sulfonamides is 1. The van der Waals surface area contributed by atoms with Gasteiger partial charge in [-0.1, -0.05) is 45.7 Å². The molecule has 0 N–H and O–H groups in total. The quantitative estimate of drug-likeness (QED) is 0.807. The molecule has 5 nitrogen and oxygen atoms in total. The summed E-state index contributed by atoms with van der Waals surface area (Å²) in [5, 5.41) is 0. The van der Waals surface area contributed by atoms with Crippen molar-refractivity contribution in [3.8, 4) is 0 Å². The van der Waals surface area contributed by atoms with E-state index in [0.29, 0.717) is 17.5 Å². The molecule has 0 amide bonds. The largest absolute Gasteiger partial charge is 0.272 e. The van der Waals surface area contributed by atoms with Crippen molar-refractivity contribution in [3.05, 3.63) is 64.2 Å². The summed E-state index contributed by atoms with van der Waals surface area (Å²) in [6.07, 6.45) is 0.170. The van der Waals surface area contributed by atoms with Crippen LogP contribution in [0.15, 0.2) is 41.3 Å². The number of nitrogens with zero attached hydrogens (tertiary/aromatic N) is 1. The molecule has 2 aromatic rings. The van der Waals surface area contributed by atoms with E-state index >= 15 is 0 Å². The average molecular weight is 377 g/mol. The van der Waals surface area contributed by atoms with Gasteiger partial charge in [0.1, 0.15) is 6.10 Å². The average Bonchev–Trinajstić information content (AvgIpc) is 2.99. The number of benzene rings is 2. The van der Waals surface area contributed by atoms with Crippen molar-refractivity contribution in [2.24, 2.45) is 0 Å². The Hall–Kier alpha value is -1.54. The van der Waals surface area contributed by atoms with Gasteiger partial charge in [0.05, 0.1) is 10.9 Å². The highest BCUT2D eigenvalue weighted by atomic mass is 32.3. The van der Waals surface area contributed by atoms with E-state index in [0.717, 1.165) is 20.4 Å². The van der Waals surface area contributed by atoms with Crippen LogP contribution in [-0.2, 0) is 31.9 Å². The molecular formula is C18H19NO4S2. The number of hydrogen-bond acceptors (Lipinski definition) is 4. The van der Waals surface area contributed by atoms with Gasteiger partial charge in [-0.05, 0) is 43.0 Å². The maximum absolute atomic E-state index is 13.4. The molecule has 2 aliphatic rings. The highest BCUT2D eigenvalue weighted by molar-refractivity contribution is 7.99. The van der Waals surface area contributed by atoms with Gasteiger partial charge in [-0.25, -0.2) is 12.6 Å². The van der Waals surface area contributed by atoms with Crippen molar-refractivity contribution in [2.45, 2.75) is 44.2 Å². The Morgan fingerprint density at radius 3 is 2.44 bits per heavy atom. The normalized spacial score (nSPS) is 25.8. The lowest BCUT2D eigenvalue weighted by atomic mass is 10.1. The first kappa shape index (κ1) is 16.9. The first-order valence-corrected chi connectivity index (χ1v) is 10.6. The van der Waals surface area contributed by atoms with Crippen LogP contribution < -0.4 is 0 Å². The Bertz CT molecular complexity index is 977. The Morgan fingerprint density at radius 2 is 1.76 bits per heavy atom. The van der Waals surface area contributed by atoms with E-state index < -0.39 is 33.4 Å². The summed E-state index contributed by atoms with van der Waals surface area (Å²) in [6, 6.07) is 10.8. The van der Waals surface area contributed by atoms with E-state index in [1.807, 2.05) is 43.3 Å². The number of fused-ring (bicyclic) bond motifs is 3. The summed E-state index contributed by atoms with van der Waals surface area (Å²) in [6.45, 7) is 5.47. The van der Waals surface area contributed by atoms with Crippen LogP contribution in [0.5, 0.6) is 0 Å². The van der Waals surface area contributed by atoms with Gasteiger partial charge in [0.15, 0.2) is 0 Å². The zero-order valence-corrected chi connectivity index (χ0v) is 15.9. The molecule has 1 aliphatic heterocycles.